The van der Waals surface area contributed by atoms with Crippen molar-refractivity contribution in [3.05, 3.63) is 59.9 Å². The van der Waals surface area contributed by atoms with Gasteiger partial charge in [0.2, 0.25) is 0 Å². The average Bonchev–Trinajstić information content (AvgIpc) is 2.46. The average molecular weight is 195 g/mol. The number of allylic oxidation sites excluding steroid dienone is 9. The largest absolute Gasteiger partial charge is 0.252 e. The van der Waals surface area contributed by atoms with Crippen LogP contribution < -0.4 is 0 Å². The SMILES string of the molecule is CC1C=CC=C2C(=C1)N=C1C=CC=CC21. The summed E-state index contributed by atoms with van der Waals surface area (Å²) in [5.41, 5.74) is 3.67. The first-order valence-electron chi connectivity index (χ1n) is 5.38. The molecule has 3 rings (SSSR count). The first kappa shape index (κ1) is 8.66. The number of nitrogens with zero attached hydrogens (tertiary/aromatic N) is 1. The van der Waals surface area contributed by atoms with Gasteiger partial charge in [-0.15, -0.1) is 0 Å². The molecule has 0 radical (unpaired) electrons. The number of aliphatic imine (C=N–C) groups is 1. The standard InChI is InChI=1S/C14H13N/c1-10-5-4-7-12-11-6-2-3-8-13(11)15-14(12)9-10/h2-11H,1H3. The van der Waals surface area contributed by atoms with Crippen LogP contribution in [0.4, 0.5) is 0 Å². The van der Waals surface area contributed by atoms with E-state index in [0.717, 1.165) is 5.70 Å². The maximum Gasteiger partial charge on any atom is 0.0641 e. The molecule has 2 unspecified atom stereocenters. The van der Waals surface area contributed by atoms with Crippen LogP contribution in [-0.2, 0) is 0 Å². The van der Waals surface area contributed by atoms with Crippen molar-refractivity contribution >= 4 is 5.71 Å². The van der Waals surface area contributed by atoms with Gasteiger partial charge < -0.3 is 0 Å². The molecule has 1 heterocycles. The fourth-order valence-corrected chi connectivity index (χ4v) is 2.23. The third-order valence-electron chi connectivity index (χ3n) is 2.99. The van der Waals surface area contributed by atoms with Crippen molar-refractivity contribution in [3.63, 3.8) is 0 Å². The number of hydrogen-bond acceptors (Lipinski definition) is 1. The maximum atomic E-state index is 4.67. The monoisotopic (exact) mass is 195 g/mol. The molecule has 2 atom stereocenters. The molecule has 0 aromatic heterocycles. The molecule has 0 saturated heterocycles. The minimum absolute atomic E-state index is 0.385. The van der Waals surface area contributed by atoms with Gasteiger partial charge in [0.15, 0.2) is 0 Å². The smallest absolute Gasteiger partial charge is 0.0641 e. The van der Waals surface area contributed by atoms with E-state index in [2.05, 4.69) is 60.5 Å². The van der Waals surface area contributed by atoms with Crippen LogP contribution in [0.2, 0.25) is 0 Å². The first-order valence-corrected chi connectivity index (χ1v) is 5.38. The van der Waals surface area contributed by atoms with E-state index in [-0.39, 0.29) is 0 Å². The van der Waals surface area contributed by atoms with E-state index in [9.17, 15) is 0 Å². The van der Waals surface area contributed by atoms with E-state index >= 15 is 0 Å². The Hall–Kier alpha value is -1.63. The van der Waals surface area contributed by atoms with Crippen LogP contribution in [0.1, 0.15) is 6.92 Å². The highest BCUT2D eigenvalue weighted by Crippen LogP contribution is 2.35. The lowest BCUT2D eigenvalue weighted by molar-refractivity contribution is 0.928. The molecular weight excluding hydrogens is 182 g/mol. The van der Waals surface area contributed by atoms with Gasteiger partial charge in [-0.2, -0.15) is 0 Å². The Morgan fingerprint density at radius 1 is 1.13 bits per heavy atom. The van der Waals surface area contributed by atoms with Crippen molar-refractivity contribution in [1.29, 1.82) is 0 Å². The van der Waals surface area contributed by atoms with Crippen LogP contribution in [0.5, 0.6) is 0 Å². The van der Waals surface area contributed by atoms with Crippen LogP contribution in [0.15, 0.2) is 64.9 Å². The molecule has 1 nitrogen and oxygen atoms in total. The Bertz CT molecular complexity index is 470. The van der Waals surface area contributed by atoms with Gasteiger partial charge in [-0.3, -0.25) is 4.99 Å². The summed E-state index contributed by atoms with van der Waals surface area (Å²) < 4.78 is 0. The molecule has 0 amide bonds. The first-order chi connectivity index (χ1) is 7.34. The molecule has 74 valence electrons. The van der Waals surface area contributed by atoms with E-state index in [1.54, 1.807) is 0 Å². The molecule has 0 fully saturated rings. The van der Waals surface area contributed by atoms with Crippen molar-refractivity contribution in [2.75, 3.05) is 0 Å². The minimum atomic E-state index is 0.385. The van der Waals surface area contributed by atoms with E-state index in [1.165, 1.54) is 11.3 Å². The molecule has 3 aliphatic rings. The van der Waals surface area contributed by atoms with Crippen LogP contribution >= 0.6 is 0 Å². The van der Waals surface area contributed by atoms with E-state index in [1.807, 2.05) is 0 Å². The van der Waals surface area contributed by atoms with Crippen LogP contribution in [0, 0.1) is 11.8 Å². The molecular formula is C14H13N. The fraction of sp³-hybridized carbons (Fsp3) is 0.214. The second-order valence-corrected chi connectivity index (χ2v) is 4.18. The third-order valence-corrected chi connectivity index (χ3v) is 2.99. The lowest BCUT2D eigenvalue weighted by Gasteiger charge is -2.09. The lowest BCUT2D eigenvalue weighted by Crippen LogP contribution is -2.08. The zero-order chi connectivity index (χ0) is 10.3. The summed E-state index contributed by atoms with van der Waals surface area (Å²) >= 11 is 0. The van der Waals surface area contributed by atoms with Crippen LogP contribution in [0.3, 0.4) is 0 Å². The highest BCUT2D eigenvalue weighted by Gasteiger charge is 2.27. The highest BCUT2D eigenvalue weighted by atomic mass is 14.8. The molecule has 1 heteroatoms. The summed E-state index contributed by atoms with van der Waals surface area (Å²) in [4.78, 5) is 4.67. The molecule has 0 aromatic rings. The van der Waals surface area contributed by atoms with Gasteiger partial charge in [-0.05, 0) is 17.6 Å². The van der Waals surface area contributed by atoms with Gasteiger partial charge in [-0.25, -0.2) is 0 Å². The number of fused-ring (bicyclic) bond motifs is 3. The quantitative estimate of drug-likeness (QED) is 0.563. The Morgan fingerprint density at radius 2 is 2.07 bits per heavy atom. The second kappa shape index (κ2) is 3.20. The molecule has 0 N–H and O–H groups in total. The van der Waals surface area contributed by atoms with Gasteiger partial charge in [0, 0.05) is 5.92 Å². The minimum Gasteiger partial charge on any atom is -0.252 e. The van der Waals surface area contributed by atoms with Crippen molar-refractivity contribution in [2.45, 2.75) is 6.92 Å². The zero-order valence-corrected chi connectivity index (χ0v) is 8.72. The summed E-state index contributed by atoms with van der Waals surface area (Å²) in [6.07, 6.45) is 17.3. The summed E-state index contributed by atoms with van der Waals surface area (Å²) in [5, 5.41) is 0. The molecule has 1 aliphatic heterocycles. The Balaban J connectivity index is 2.11. The predicted octanol–water partition coefficient (Wildman–Crippen LogP) is 3.20. The second-order valence-electron chi connectivity index (χ2n) is 4.18. The topological polar surface area (TPSA) is 12.4 Å². The van der Waals surface area contributed by atoms with E-state index < -0.39 is 0 Å². The van der Waals surface area contributed by atoms with E-state index in [4.69, 9.17) is 0 Å². The van der Waals surface area contributed by atoms with Crippen molar-refractivity contribution in [2.24, 2.45) is 16.8 Å². The highest BCUT2D eigenvalue weighted by molar-refractivity contribution is 6.05. The molecule has 2 aliphatic carbocycles. The maximum absolute atomic E-state index is 4.67. The number of rotatable bonds is 0. The number of hydrogen-bond donors (Lipinski definition) is 0. The van der Waals surface area contributed by atoms with Gasteiger partial charge in [0.05, 0.1) is 11.4 Å². The molecule has 0 aromatic carbocycles. The van der Waals surface area contributed by atoms with Crippen LogP contribution in [0.25, 0.3) is 0 Å². The molecule has 0 bridgehead atoms. The Kier molecular flexibility index (Phi) is 1.84. The normalized spacial score (nSPS) is 31.4. The summed E-state index contributed by atoms with van der Waals surface area (Å²) in [5.74, 6) is 0.863. The van der Waals surface area contributed by atoms with E-state index in [0.29, 0.717) is 11.8 Å². The van der Waals surface area contributed by atoms with Crippen LogP contribution in [-0.4, -0.2) is 5.71 Å². The molecule has 15 heavy (non-hydrogen) atoms. The van der Waals surface area contributed by atoms with Crippen molar-refractivity contribution in [3.8, 4) is 0 Å². The third kappa shape index (κ3) is 1.35. The summed E-state index contributed by atoms with van der Waals surface area (Å²) in [6.45, 7) is 2.19. The Morgan fingerprint density at radius 3 is 3.00 bits per heavy atom. The summed E-state index contributed by atoms with van der Waals surface area (Å²) in [7, 11) is 0. The Labute approximate surface area is 89.9 Å². The fourth-order valence-electron chi connectivity index (χ4n) is 2.23. The van der Waals surface area contributed by atoms with Crippen molar-refractivity contribution < 1.29 is 0 Å². The van der Waals surface area contributed by atoms with Gasteiger partial charge in [0.1, 0.15) is 0 Å². The lowest BCUT2D eigenvalue weighted by atomic mass is 9.92. The summed E-state index contributed by atoms with van der Waals surface area (Å²) in [6, 6.07) is 0. The van der Waals surface area contributed by atoms with Gasteiger partial charge in [0.25, 0.3) is 0 Å². The molecule has 0 spiro atoms. The predicted molar refractivity (Wildman–Crippen MR) is 63.7 cm³/mol. The van der Waals surface area contributed by atoms with Crippen molar-refractivity contribution in [1.82, 2.24) is 0 Å². The van der Waals surface area contributed by atoms with Gasteiger partial charge in [-0.1, -0.05) is 49.5 Å². The molecule has 0 saturated carbocycles. The van der Waals surface area contributed by atoms with Gasteiger partial charge >= 0.3 is 0 Å². The zero-order valence-electron chi connectivity index (χ0n) is 8.72.